The molecule has 2 heterocycles. The van der Waals surface area contributed by atoms with Crippen molar-refractivity contribution < 1.29 is 18.4 Å². The van der Waals surface area contributed by atoms with Gasteiger partial charge in [-0.1, -0.05) is 24.9 Å². The summed E-state index contributed by atoms with van der Waals surface area (Å²) >= 11 is 5.94. The van der Waals surface area contributed by atoms with Gasteiger partial charge in [0.25, 0.3) is 0 Å². The van der Waals surface area contributed by atoms with Crippen LogP contribution >= 0.6 is 11.6 Å². The van der Waals surface area contributed by atoms with Crippen LogP contribution in [0.5, 0.6) is 0 Å². The Kier molecular flexibility index (Phi) is 5.78. The van der Waals surface area contributed by atoms with E-state index in [1.165, 1.54) is 0 Å². The van der Waals surface area contributed by atoms with Crippen LogP contribution in [0.15, 0.2) is 51.5 Å². The van der Waals surface area contributed by atoms with Gasteiger partial charge in [0.05, 0.1) is 12.9 Å². The van der Waals surface area contributed by atoms with Crippen LogP contribution in [0.2, 0.25) is 5.02 Å². The molecule has 136 valence electrons. The van der Waals surface area contributed by atoms with Crippen LogP contribution in [0.4, 0.5) is 0 Å². The fraction of sp³-hybridized carbons (Fsp3) is 0.300. The Bertz CT molecular complexity index is 853. The van der Waals surface area contributed by atoms with E-state index in [1.54, 1.807) is 37.5 Å². The Balaban J connectivity index is 1.94. The van der Waals surface area contributed by atoms with Crippen LogP contribution in [0.25, 0.3) is 23.0 Å². The van der Waals surface area contributed by atoms with Crippen LogP contribution in [0.3, 0.4) is 0 Å². The summed E-state index contributed by atoms with van der Waals surface area (Å²) in [6.45, 7) is 4.20. The third-order valence-electron chi connectivity index (χ3n) is 4.00. The highest BCUT2D eigenvalue weighted by Gasteiger charge is 2.28. The molecule has 0 aliphatic heterocycles. The second-order valence-corrected chi connectivity index (χ2v) is 6.40. The smallest absolute Gasteiger partial charge is 0.314 e. The number of aromatic nitrogens is 1. The van der Waals surface area contributed by atoms with Crippen LogP contribution in [-0.2, 0) is 9.53 Å². The lowest BCUT2D eigenvalue weighted by molar-refractivity contribution is -0.145. The van der Waals surface area contributed by atoms with Crippen molar-refractivity contribution in [3.8, 4) is 23.0 Å². The van der Waals surface area contributed by atoms with Gasteiger partial charge in [-0.05, 0) is 49.7 Å². The van der Waals surface area contributed by atoms with E-state index in [2.05, 4.69) is 4.98 Å². The van der Waals surface area contributed by atoms with E-state index in [-0.39, 0.29) is 5.97 Å². The summed E-state index contributed by atoms with van der Waals surface area (Å²) in [5.41, 5.74) is 1.26. The zero-order valence-electron chi connectivity index (χ0n) is 14.7. The lowest BCUT2D eigenvalue weighted by atomic mass is 10.1. The average molecular weight is 374 g/mol. The minimum atomic E-state index is -0.572. The van der Waals surface area contributed by atoms with Gasteiger partial charge in [-0.3, -0.25) is 4.79 Å². The van der Waals surface area contributed by atoms with Gasteiger partial charge in [-0.2, -0.15) is 0 Å². The number of rotatable bonds is 7. The highest BCUT2D eigenvalue weighted by atomic mass is 35.5. The maximum absolute atomic E-state index is 12.4. The molecule has 1 aromatic carbocycles. The molecule has 1 unspecified atom stereocenters. The maximum Gasteiger partial charge on any atom is 0.314 e. The van der Waals surface area contributed by atoms with Gasteiger partial charge in [0.15, 0.2) is 11.5 Å². The SMILES string of the molecule is CCCCOC(=O)C(C)c1nc(-c2ccc(Cl)cc2)oc1-c1ccco1. The van der Waals surface area contributed by atoms with Crippen molar-refractivity contribution in [2.24, 2.45) is 0 Å². The molecular formula is C20H20ClNO4. The molecule has 0 radical (unpaired) electrons. The normalized spacial score (nSPS) is 12.1. The number of hydrogen-bond donors (Lipinski definition) is 0. The molecule has 6 heteroatoms. The Labute approximate surface area is 156 Å². The molecule has 0 aliphatic carbocycles. The standard InChI is InChI=1S/C20H20ClNO4/c1-3-4-11-25-20(23)13(2)17-18(16-6-5-12-24-16)26-19(22-17)14-7-9-15(21)10-8-14/h5-10,12-13H,3-4,11H2,1-2H3. The molecule has 0 N–H and O–H groups in total. The number of unbranched alkanes of at least 4 members (excludes halogenated alkanes) is 1. The minimum Gasteiger partial charge on any atom is -0.465 e. The van der Waals surface area contributed by atoms with E-state index < -0.39 is 5.92 Å². The molecule has 0 spiro atoms. The molecule has 0 saturated carbocycles. The largest absolute Gasteiger partial charge is 0.465 e. The number of furan rings is 1. The monoisotopic (exact) mass is 373 g/mol. The maximum atomic E-state index is 12.4. The van der Waals surface area contributed by atoms with Crippen LogP contribution < -0.4 is 0 Å². The van der Waals surface area contributed by atoms with Crippen molar-refractivity contribution in [3.05, 3.63) is 53.4 Å². The number of benzene rings is 1. The highest BCUT2D eigenvalue weighted by Crippen LogP contribution is 2.34. The van der Waals surface area contributed by atoms with Gasteiger partial charge >= 0.3 is 5.97 Å². The number of esters is 1. The molecule has 5 nitrogen and oxygen atoms in total. The van der Waals surface area contributed by atoms with Gasteiger partial charge in [-0.25, -0.2) is 4.98 Å². The Morgan fingerprint density at radius 1 is 1.27 bits per heavy atom. The molecule has 0 amide bonds. The highest BCUT2D eigenvalue weighted by molar-refractivity contribution is 6.30. The summed E-state index contributed by atoms with van der Waals surface area (Å²) in [7, 11) is 0. The van der Waals surface area contributed by atoms with Crippen molar-refractivity contribution in [2.75, 3.05) is 6.61 Å². The number of carbonyl (C=O) groups is 1. The first-order chi connectivity index (χ1) is 12.6. The van der Waals surface area contributed by atoms with E-state index in [4.69, 9.17) is 25.2 Å². The van der Waals surface area contributed by atoms with Crippen molar-refractivity contribution >= 4 is 17.6 Å². The second-order valence-electron chi connectivity index (χ2n) is 5.96. The molecule has 26 heavy (non-hydrogen) atoms. The summed E-state index contributed by atoms with van der Waals surface area (Å²) in [6.07, 6.45) is 3.34. The average Bonchev–Trinajstić information content (AvgIpc) is 3.31. The van der Waals surface area contributed by atoms with Crippen molar-refractivity contribution in [3.63, 3.8) is 0 Å². The fourth-order valence-electron chi connectivity index (χ4n) is 2.48. The number of oxazole rings is 1. The molecule has 0 fully saturated rings. The van der Waals surface area contributed by atoms with Gasteiger partial charge in [0.1, 0.15) is 11.6 Å². The molecule has 0 bridgehead atoms. The molecule has 3 rings (SSSR count). The zero-order valence-corrected chi connectivity index (χ0v) is 15.5. The van der Waals surface area contributed by atoms with Crippen LogP contribution in [0.1, 0.15) is 38.3 Å². The van der Waals surface area contributed by atoms with E-state index in [1.807, 2.05) is 19.1 Å². The molecule has 1 atom stereocenters. The van der Waals surface area contributed by atoms with Crippen LogP contribution in [-0.4, -0.2) is 17.6 Å². The molecular weight excluding hydrogens is 354 g/mol. The number of hydrogen-bond acceptors (Lipinski definition) is 5. The van der Waals surface area contributed by atoms with E-state index in [9.17, 15) is 4.79 Å². The Morgan fingerprint density at radius 2 is 2.04 bits per heavy atom. The number of halogens is 1. The minimum absolute atomic E-state index is 0.331. The van der Waals surface area contributed by atoms with Crippen LogP contribution in [0, 0.1) is 0 Å². The fourth-order valence-corrected chi connectivity index (χ4v) is 2.61. The first-order valence-electron chi connectivity index (χ1n) is 8.57. The first kappa shape index (κ1) is 18.3. The summed E-state index contributed by atoms with van der Waals surface area (Å²) in [6, 6.07) is 10.7. The third-order valence-corrected chi connectivity index (χ3v) is 4.25. The van der Waals surface area contributed by atoms with E-state index in [0.717, 1.165) is 18.4 Å². The summed E-state index contributed by atoms with van der Waals surface area (Å²) in [5, 5.41) is 0.625. The summed E-state index contributed by atoms with van der Waals surface area (Å²) in [5.74, 6) is 0.441. The molecule has 0 aliphatic rings. The summed E-state index contributed by atoms with van der Waals surface area (Å²) < 4.78 is 16.7. The summed E-state index contributed by atoms with van der Waals surface area (Å²) in [4.78, 5) is 16.9. The molecule has 0 saturated heterocycles. The molecule has 2 aromatic heterocycles. The van der Waals surface area contributed by atoms with E-state index in [0.29, 0.717) is 34.7 Å². The predicted molar refractivity (Wildman–Crippen MR) is 98.9 cm³/mol. The van der Waals surface area contributed by atoms with Gasteiger partial charge in [-0.15, -0.1) is 0 Å². The number of carbonyl (C=O) groups excluding carboxylic acids is 1. The second kappa shape index (κ2) is 8.23. The third kappa shape index (κ3) is 3.99. The zero-order chi connectivity index (χ0) is 18.5. The Morgan fingerprint density at radius 3 is 2.69 bits per heavy atom. The predicted octanol–water partition coefficient (Wildman–Crippen LogP) is 5.70. The number of nitrogens with zero attached hydrogens (tertiary/aromatic N) is 1. The Hall–Kier alpha value is -2.53. The van der Waals surface area contributed by atoms with Crippen molar-refractivity contribution in [2.45, 2.75) is 32.6 Å². The van der Waals surface area contributed by atoms with Crippen molar-refractivity contribution in [1.82, 2.24) is 4.98 Å². The first-order valence-corrected chi connectivity index (χ1v) is 8.95. The quantitative estimate of drug-likeness (QED) is 0.392. The lowest BCUT2D eigenvalue weighted by Crippen LogP contribution is -2.15. The van der Waals surface area contributed by atoms with Crippen molar-refractivity contribution in [1.29, 1.82) is 0 Å². The lowest BCUT2D eigenvalue weighted by Gasteiger charge is -2.09. The van der Waals surface area contributed by atoms with Gasteiger partial charge in [0.2, 0.25) is 5.89 Å². The number of ether oxygens (including phenoxy) is 1. The van der Waals surface area contributed by atoms with Gasteiger partial charge in [0, 0.05) is 10.6 Å². The molecule has 3 aromatic rings. The topological polar surface area (TPSA) is 65.5 Å². The van der Waals surface area contributed by atoms with E-state index >= 15 is 0 Å². The van der Waals surface area contributed by atoms with Gasteiger partial charge < -0.3 is 13.6 Å².